The molecule has 0 aromatic heterocycles. The van der Waals surface area contributed by atoms with Crippen LogP contribution in [-0.2, 0) is 30.8 Å². The predicted octanol–water partition coefficient (Wildman–Crippen LogP) is 4.16. The maximum atomic E-state index is 12.8. The van der Waals surface area contributed by atoms with Crippen molar-refractivity contribution in [3.63, 3.8) is 0 Å². The van der Waals surface area contributed by atoms with Gasteiger partial charge < -0.3 is 14.4 Å². The minimum Gasteiger partial charge on any atom is -0.492 e. The number of esters is 1. The maximum absolute atomic E-state index is 12.8. The average molecular weight is 561 g/mol. The molecule has 0 spiro atoms. The van der Waals surface area contributed by atoms with Gasteiger partial charge in [0.2, 0.25) is 5.91 Å². The third-order valence-electron chi connectivity index (χ3n) is 7.11. The zero-order valence-corrected chi connectivity index (χ0v) is 23.6. The number of nitrogens with zero attached hydrogens (tertiary/aromatic N) is 2. The Bertz CT molecular complexity index is 1190. The molecule has 3 aliphatic rings. The number of ether oxygens (including phenoxy) is 2. The molecule has 1 saturated carbocycles. The van der Waals surface area contributed by atoms with E-state index in [1.54, 1.807) is 30.1 Å². The quantitative estimate of drug-likeness (QED) is 0.396. The molecule has 2 aliphatic carbocycles. The highest BCUT2D eigenvalue weighted by atomic mass is 32.2. The standard InChI is InChI=1S/C28H36N2O6S2/c1-3-35-28(32)24(37-26-23-11-7-8-12-25(23)38(33,34)29-26)19-20-13-15-22(16-14-20)36-18-17-30(2)27(31)21-9-5-4-6-10-21/h7-8,11-16,21,23-25H,3-6,9-10,17-19H2,1-2H3. The van der Waals surface area contributed by atoms with Crippen molar-refractivity contribution in [3.05, 3.63) is 54.1 Å². The smallest absolute Gasteiger partial charge is 0.319 e. The molecule has 38 heavy (non-hydrogen) atoms. The van der Waals surface area contributed by atoms with Crippen molar-refractivity contribution in [2.75, 3.05) is 26.8 Å². The summed E-state index contributed by atoms with van der Waals surface area (Å²) < 4.78 is 40.1. The van der Waals surface area contributed by atoms with Crippen LogP contribution >= 0.6 is 11.8 Å². The number of carbonyl (C=O) groups is 2. The van der Waals surface area contributed by atoms with E-state index in [2.05, 4.69) is 4.40 Å². The molecule has 206 valence electrons. The van der Waals surface area contributed by atoms with E-state index in [-0.39, 0.29) is 24.3 Å². The van der Waals surface area contributed by atoms with Crippen LogP contribution in [0.4, 0.5) is 0 Å². The van der Waals surface area contributed by atoms with Gasteiger partial charge in [0.25, 0.3) is 10.0 Å². The minimum atomic E-state index is -3.65. The van der Waals surface area contributed by atoms with E-state index < -0.39 is 26.5 Å². The first-order valence-corrected chi connectivity index (χ1v) is 15.7. The van der Waals surface area contributed by atoms with Crippen LogP contribution in [0, 0.1) is 11.8 Å². The molecule has 0 N–H and O–H groups in total. The Kier molecular flexibility index (Phi) is 9.70. The van der Waals surface area contributed by atoms with Crippen LogP contribution in [0.1, 0.15) is 44.6 Å². The monoisotopic (exact) mass is 560 g/mol. The predicted molar refractivity (Wildman–Crippen MR) is 150 cm³/mol. The van der Waals surface area contributed by atoms with Crippen LogP contribution in [0.15, 0.2) is 53.0 Å². The molecule has 3 atom stereocenters. The van der Waals surface area contributed by atoms with Gasteiger partial charge in [-0.05, 0) is 43.9 Å². The Morgan fingerprint density at radius 1 is 1.11 bits per heavy atom. The zero-order valence-electron chi connectivity index (χ0n) is 22.0. The van der Waals surface area contributed by atoms with E-state index in [9.17, 15) is 18.0 Å². The molecule has 1 aromatic carbocycles. The lowest BCUT2D eigenvalue weighted by atomic mass is 9.88. The van der Waals surface area contributed by atoms with Crippen molar-refractivity contribution in [3.8, 4) is 5.75 Å². The Hall–Kier alpha value is -2.59. The largest absolute Gasteiger partial charge is 0.492 e. The fourth-order valence-corrected chi connectivity index (χ4v) is 8.06. The molecule has 8 nitrogen and oxygen atoms in total. The van der Waals surface area contributed by atoms with Gasteiger partial charge in [0.1, 0.15) is 22.9 Å². The van der Waals surface area contributed by atoms with Crippen LogP contribution in [0.2, 0.25) is 0 Å². The Labute approximate surface area is 229 Å². The molecule has 1 aliphatic heterocycles. The van der Waals surface area contributed by atoms with Crippen LogP contribution < -0.4 is 4.74 Å². The van der Waals surface area contributed by atoms with Crippen molar-refractivity contribution in [2.24, 2.45) is 16.2 Å². The summed E-state index contributed by atoms with van der Waals surface area (Å²) in [5.41, 5.74) is 0.893. The molecular formula is C28H36N2O6S2. The summed E-state index contributed by atoms with van der Waals surface area (Å²) in [6.45, 7) is 2.90. The van der Waals surface area contributed by atoms with Gasteiger partial charge in [-0.25, -0.2) is 8.42 Å². The van der Waals surface area contributed by atoms with Crippen molar-refractivity contribution in [1.82, 2.24) is 4.90 Å². The first-order valence-electron chi connectivity index (χ1n) is 13.3. The number of thioether (sulfide) groups is 1. The fraction of sp³-hybridized carbons (Fsp3) is 0.536. The summed E-state index contributed by atoms with van der Waals surface area (Å²) in [5, 5.41) is -0.931. The number of benzene rings is 1. The van der Waals surface area contributed by atoms with Gasteiger partial charge in [0.15, 0.2) is 0 Å². The molecule has 4 rings (SSSR count). The van der Waals surface area contributed by atoms with E-state index >= 15 is 0 Å². The minimum absolute atomic E-state index is 0.144. The number of hydrogen-bond acceptors (Lipinski definition) is 7. The van der Waals surface area contributed by atoms with Gasteiger partial charge in [-0.2, -0.15) is 4.40 Å². The van der Waals surface area contributed by atoms with E-state index in [0.29, 0.717) is 30.4 Å². The van der Waals surface area contributed by atoms with Crippen molar-refractivity contribution >= 4 is 38.7 Å². The molecule has 0 bridgehead atoms. The van der Waals surface area contributed by atoms with Crippen molar-refractivity contribution in [1.29, 1.82) is 0 Å². The van der Waals surface area contributed by atoms with Crippen molar-refractivity contribution < 1.29 is 27.5 Å². The Morgan fingerprint density at radius 2 is 1.82 bits per heavy atom. The molecule has 10 heteroatoms. The molecule has 1 heterocycles. The zero-order chi connectivity index (χ0) is 27.1. The number of carbonyl (C=O) groups excluding carboxylic acids is 2. The summed E-state index contributed by atoms with van der Waals surface area (Å²) >= 11 is 1.16. The lowest BCUT2D eigenvalue weighted by molar-refractivity contribution is -0.142. The molecule has 1 fully saturated rings. The van der Waals surface area contributed by atoms with E-state index in [1.165, 1.54) is 6.42 Å². The summed E-state index contributed by atoms with van der Waals surface area (Å²) in [7, 11) is -1.82. The van der Waals surface area contributed by atoms with Crippen molar-refractivity contribution in [2.45, 2.75) is 55.9 Å². The van der Waals surface area contributed by atoms with E-state index in [0.717, 1.165) is 43.0 Å². The number of fused-ring (bicyclic) bond motifs is 1. The molecule has 0 radical (unpaired) electrons. The summed E-state index contributed by atoms with van der Waals surface area (Å²) in [5.74, 6) is 0.246. The second-order valence-electron chi connectivity index (χ2n) is 9.85. The van der Waals surface area contributed by atoms with E-state index in [1.807, 2.05) is 37.4 Å². The van der Waals surface area contributed by atoms with Crippen LogP contribution in [0.3, 0.4) is 0 Å². The number of rotatable bonds is 10. The van der Waals surface area contributed by atoms with Gasteiger partial charge in [0, 0.05) is 18.9 Å². The summed E-state index contributed by atoms with van der Waals surface area (Å²) in [4.78, 5) is 27.1. The first kappa shape index (κ1) is 28.4. The Morgan fingerprint density at radius 3 is 2.53 bits per heavy atom. The SMILES string of the molecule is CCOC(=O)C(Cc1ccc(OCCN(C)C(=O)C2CCCCC2)cc1)SC1=NS(=O)(=O)C2C=CC=CC12. The van der Waals surface area contributed by atoms with Gasteiger partial charge in [-0.3, -0.25) is 9.59 Å². The second kappa shape index (κ2) is 13.0. The topological polar surface area (TPSA) is 102 Å². The van der Waals surface area contributed by atoms with Crippen LogP contribution in [0.5, 0.6) is 5.75 Å². The van der Waals surface area contributed by atoms with E-state index in [4.69, 9.17) is 9.47 Å². The van der Waals surface area contributed by atoms with Gasteiger partial charge in [-0.1, -0.05) is 67.5 Å². The molecule has 3 unspecified atom stereocenters. The highest BCUT2D eigenvalue weighted by Crippen LogP contribution is 2.36. The number of hydrogen-bond donors (Lipinski definition) is 0. The Balaban J connectivity index is 1.33. The van der Waals surface area contributed by atoms with Gasteiger partial charge in [0.05, 0.1) is 18.2 Å². The highest BCUT2D eigenvalue weighted by molar-refractivity contribution is 8.16. The maximum Gasteiger partial charge on any atom is 0.319 e. The molecule has 1 amide bonds. The normalized spacial score (nSPS) is 22.8. The van der Waals surface area contributed by atoms with Crippen LogP contribution in [-0.4, -0.2) is 67.5 Å². The molecular weight excluding hydrogens is 524 g/mol. The number of likely N-dealkylation sites (N-methyl/N-ethyl adjacent to an activating group) is 1. The summed E-state index contributed by atoms with van der Waals surface area (Å²) in [6, 6.07) is 7.46. The number of amides is 1. The fourth-order valence-electron chi connectivity index (χ4n) is 5.00. The molecule has 0 saturated heterocycles. The number of allylic oxidation sites excluding steroid dienone is 3. The first-order chi connectivity index (χ1) is 18.3. The molecule has 1 aromatic rings. The van der Waals surface area contributed by atoms with Gasteiger partial charge >= 0.3 is 5.97 Å². The third kappa shape index (κ3) is 7.08. The second-order valence-corrected chi connectivity index (χ2v) is 12.8. The lowest BCUT2D eigenvalue weighted by Crippen LogP contribution is -2.36. The summed E-state index contributed by atoms with van der Waals surface area (Å²) in [6.07, 6.45) is 12.8. The highest BCUT2D eigenvalue weighted by Gasteiger charge is 2.42. The van der Waals surface area contributed by atoms with Crippen LogP contribution in [0.25, 0.3) is 0 Å². The number of sulfonamides is 1. The van der Waals surface area contributed by atoms with Gasteiger partial charge in [-0.15, -0.1) is 0 Å². The lowest BCUT2D eigenvalue weighted by Gasteiger charge is -2.26. The third-order valence-corrected chi connectivity index (χ3v) is 10.1. The average Bonchev–Trinajstić information content (AvgIpc) is 3.19.